The molecule has 0 aromatic heterocycles. The van der Waals surface area contributed by atoms with Crippen LogP contribution < -0.4 is 21.7 Å². The van der Waals surface area contributed by atoms with E-state index in [1.807, 2.05) is 0 Å². The summed E-state index contributed by atoms with van der Waals surface area (Å²) >= 11 is 4.05. The fourth-order valence-corrected chi connectivity index (χ4v) is 3.26. The number of hydrogen-bond donors (Lipinski definition) is 8. The number of nitrogens with two attached hydrogens (primary N) is 1. The third-order valence-corrected chi connectivity index (χ3v) is 5.42. The molecule has 1 rings (SSSR count). The van der Waals surface area contributed by atoms with E-state index < -0.39 is 59.7 Å². The summed E-state index contributed by atoms with van der Waals surface area (Å²) in [5.74, 6) is -5.17. The Kier molecular flexibility index (Phi) is 12.0. The molecule has 0 heterocycles. The number of thiol groups is 1. The standard InChI is InChI=1S/C22H32N4O8S/c1-11(2)18(21(32)24-15(22(33)34)9-12-3-5-13(27)6-4-12)26-20(31)16(10-35)25-19(30)14(23)7-8-17(28)29/h3-6,11,14-16,18,27,35H,7-10,23H2,1-2H3,(H,24,32)(H,25,30)(H,26,31)(H,28,29)(H,33,34). The molecular formula is C22H32N4O8S. The average Bonchev–Trinajstić information content (AvgIpc) is 2.79. The second kappa shape index (κ2) is 14.2. The number of carbonyl (C=O) groups is 5. The molecule has 0 spiro atoms. The maximum Gasteiger partial charge on any atom is 0.326 e. The van der Waals surface area contributed by atoms with Gasteiger partial charge in [-0.3, -0.25) is 19.2 Å². The number of carboxylic acids is 2. The zero-order valence-corrected chi connectivity index (χ0v) is 20.3. The molecule has 0 saturated heterocycles. The van der Waals surface area contributed by atoms with Crippen LogP contribution in [0, 0.1) is 5.92 Å². The first-order chi connectivity index (χ1) is 16.3. The van der Waals surface area contributed by atoms with Crippen LogP contribution in [0.1, 0.15) is 32.3 Å². The van der Waals surface area contributed by atoms with Gasteiger partial charge >= 0.3 is 11.9 Å². The van der Waals surface area contributed by atoms with Gasteiger partial charge in [-0.2, -0.15) is 12.6 Å². The molecule has 1 aromatic rings. The van der Waals surface area contributed by atoms with Crippen molar-refractivity contribution in [3.63, 3.8) is 0 Å². The van der Waals surface area contributed by atoms with E-state index in [1.165, 1.54) is 24.3 Å². The molecule has 3 amide bonds. The predicted molar refractivity (Wildman–Crippen MR) is 129 cm³/mol. The number of carboxylic acid groups (broad SMARTS) is 2. The van der Waals surface area contributed by atoms with Gasteiger partial charge < -0.3 is 37.0 Å². The summed E-state index contributed by atoms with van der Waals surface area (Å²) in [4.78, 5) is 60.1. The zero-order valence-electron chi connectivity index (χ0n) is 19.4. The minimum absolute atomic E-state index is 0.0147. The van der Waals surface area contributed by atoms with Gasteiger partial charge in [-0.05, 0) is 30.0 Å². The molecule has 4 unspecified atom stereocenters. The Balaban J connectivity index is 2.84. The first-order valence-electron chi connectivity index (χ1n) is 10.9. The van der Waals surface area contributed by atoms with Crippen LogP contribution in [-0.4, -0.2) is 74.9 Å². The lowest BCUT2D eigenvalue weighted by Crippen LogP contribution is -2.59. The van der Waals surface area contributed by atoms with E-state index in [0.717, 1.165) is 0 Å². The van der Waals surface area contributed by atoms with Crippen LogP contribution in [0.25, 0.3) is 0 Å². The molecule has 0 bridgehead atoms. The van der Waals surface area contributed by atoms with Crippen LogP contribution in [0.15, 0.2) is 24.3 Å². The summed E-state index contributed by atoms with van der Waals surface area (Å²) in [6, 6.07) is 1.12. The lowest BCUT2D eigenvalue weighted by Gasteiger charge is -2.26. The van der Waals surface area contributed by atoms with Crippen LogP contribution in [0.5, 0.6) is 5.75 Å². The Labute approximate surface area is 208 Å². The lowest BCUT2D eigenvalue weighted by molar-refractivity contribution is -0.142. The van der Waals surface area contributed by atoms with Crippen molar-refractivity contribution in [1.29, 1.82) is 0 Å². The van der Waals surface area contributed by atoms with Crippen LogP contribution in [0.4, 0.5) is 0 Å². The molecule has 0 aliphatic heterocycles. The van der Waals surface area contributed by atoms with Gasteiger partial charge in [0.05, 0.1) is 6.04 Å². The molecule has 1 aromatic carbocycles. The monoisotopic (exact) mass is 512 g/mol. The molecule has 0 saturated carbocycles. The minimum Gasteiger partial charge on any atom is -0.508 e. The highest BCUT2D eigenvalue weighted by molar-refractivity contribution is 7.80. The van der Waals surface area contributed by atoms with Crippen LogP contribution in [0.3, 0.4) is 0 Å². The van der Waals surface area contributed by atoms with Crippen molar-refractivity contribution >= 4 is 42.3 Å². The topological polar surface area (TPSA) is 208 Å². The van der Waals surface area contributed by atoms with Crippen molar-refractivity contribution < 1.29 is 39.3 Å². The molecular weight excluding hydrogens is 480 g/mol. The molecule has 13 heteroatoms. The van der Waals surface area contributed by atoms with Crippen LogP contribution in [-0.2, 0) is 30.4 Å². The molecule has 0 fully saturated rings. The van der Waals surface area contributed by atoms with Crippen molar-refractivity contribution in [3.8, 4) is 5.75 Å². The van der Waals surface area contributed by atoms with Gasteiger partial charge in [-0.25, -0.2) is 4.79 Å². The van der Waals surface area contributed by atoms with Gasteiger partial charge in [0.1, 0.15) is 23.9 Å². The van der Waals surface area contributed by atoms with E-state index >= 15 is 0 Å². The highest BCUT2D eigenvalue weighted by Crippen LogP contribution is 2.12. The number of phenolic OH excluding ortho intramolecular Hbond substituents is 1. The van der Waals surface area contributed by atoms with Gasteiger partial charge in [-0.1, -0.05) is 26.0 Å². The molecule has 194 valence electrons. The smallest absolute Gasteiger partial charge is 0.326 e. The number of benzene rings is 1. The van der Waals surface area contributed by atoms with Gasteiger partial charge in [0.2, 0.25) is 17.7 Å². The number of phenols is 1. The molecule has 35 heavy (non-hydrogen) atoms. The summed E-state index contributed by atoms with van der Waals surface area (Å²) in [7, 11) is 0. The van der Waals surface area contributed by atoms with Crippen molar-refractivity contribution in [2.75, 3.05) is 5.75 Å². The Hall–Kier alpha value is -3.32. The van der Waals surface area contributed by atoms with Crippen molar-refractivity contribution in [3.05, 3.63) is 29.8 Å². The maximum absolute atomic E-state index is 12.9. The Morgan fingerprint density at radius 2 is 1.49 bits per heavy atom. The highest BCUT2D eigenvalue weighted by Gasteiger charge is 2.31. The average molecular weight is 513 g/mol. The summed E-state index contributed by atoms with van der Waals surface area (Å²) in [6.07, 6.45) is -0.503. The molecule has 12 nitrogen and oxygen atoms in total. The number of carbonyl (C=O) groups excluding carboxylic acids is 3. The predicted octanol–water partition coefficient (Wildman–Crippen LogP) is -0.748. The third-order valence-electron chi connectivity index (χ3n) is 5.06. The Bertz CT molecular complexity index is 909. The highest BCUT2D eigenvalue weighted by atomic mass is 32.1. The van der Waals surface area contributed by atoms with E-state index in [4.69, 9.17) is 10.8 Å². The second-order valence-corrected chi connectivity index (χ2v) is 8.65. The van der Waals surface area contributed by atoms with E-state index in [-0.39, 0.29) is 30.8 Å². The second-order valence-electron chi connectivity index (χ2n) is 8.28. The summed E-state index contributed by atoms with van der Waals surface area (Å²) < 4.78 is 0. The lowest BCUT2D eigenvalue weighted by atomic mass is 10.0. The Morgan fingerprint density at radius 3 is 1.97 bits per heavy atom. The van der Waals surface area contributed by atoms with Gasteiger partial charge in [0, 0.05) is 18.6 Å². The molecule has 0 radical (unpaired) electrons. The largest absolute Gasteiger partial charge is 0.508 e. The number of aromatic hydroxyl groups is 1. The minimum atomic E-state index is -1.29. The van der Waals surface area contributed by atoms with E-state index in [9.17, 15) is 34.2 Å². The van der Waals surface area contributed by atoms with Crippen molar-refractivity contribution in [2.45, 2.75) is 57.3 Å². The van der Waals surface area contributed by atoms with Crippen LogP contribution in [0.2, 0.25) is 0 Å². The van der Waals surface area contributed by atoms with E-state index in [2.05, 4.69) is 28.6 Å². The Morgan fingerprint density at radius 1 is 0.914 bits per heavy atom. The summed E-state index contributed by atoms with van der Waals surface area (Å²) in [5, 5.41) is 34.9. The molecule has 0 aliphatic carbocycles. The number of amides is 3. The zero-order chi connectivity index (χ0) is 26.7. The van der Waals surface area contributed by atoms with E-state index in [1.54, 1.807) is 13.8 Å². The first-order valence-corrected chi connectivity index (χ1v) is 11.5. The molecule has 8 N–H and O–H groups in total. The fourth-order valence-electron chi connectivity index (χ4n) is 3.00. The van der Waals surface area contributed by atoms with Gasteiger partial charge in [0.25, 0.3) is 0 Å². The SMILES string of the molecule is CC(C)C(NC(=O)C(CS)NC(=O)C(N)CCC(=O)O)C(=O)NC(Cc1ccc(O)cc1)C(=O)O. The van der Waals surface area contributed by atoms with Crippen LogP contribution >= 0.6 is 12.6 Å². The molecule has 0 aliphatic rings. The van der Waals surface area contributed by atoms with E-state index in [0.29, 0.717) is 5.56 Å². The molecule has 4 atom stereocenters. The fraction of sp³-hybridized carbons (Fsp3) is 0.500. The number of nitrogens with one attached hydrogen (secondary N) is 3. The number of rotatable bonds is 14. The maximum atomic E-state index is 12.9. The van der Waals surface area contributed by atoms with Crippen molar-refractivity contribution in [2.24, 2.45) is 11.7 Å². The normalized spacial score (nSPS) is 14.3. The number of hydrogen-bond acceptors (Lipinski definition) is 8. The quantitative estimate of drug-likeness (QED) is 0.147. The third kappa shape index (κ3) is 10.2. The van der Waals surface area contributed by atoms with Gasteiger partial charge in [-0.15, -0.1) is 0 Å². The van der Waals surface area contributed by atoms with Crippen molar-refractivity contribution in [1.82, 2.24) is 16.0 Å². The summed E-state index contributed by atoms with van der Waals surface area (Å²) in [6.45, 7) is 3.30. The van der Waals surface area contributed by atoms with Gasteiger partial charge in [0.15, 0.2) is 0 Å². The first kappa shape index (κ1) is 29.7. The number of aliphatic carboxylic acids is 2. The summed E-state index contributed by atoms with van der Waals surface area (Å²) in [5.41, 5.74) is 6.22.